The molecule has 0 bridgehead atoms. The number of hydrogen-bond donors (Lipinski definition) is 1. The molecule has 0 amide bonds. The lowest BCUT2D eigenvalue weighted by atomic mass is 10.2. The van der Waals surface area contributed by atoms with E-state index in [1.807, 2.05) is 4.68 Å². The van der Waals surface area contributed by atoms with Crippen LogP contribution < -0.4 is 5.73 Å². The van der Waals surface area contributed by atoms with Crippen molar-refractivity contribution in [2.75, 3.05) is 17.2 Å². The zero-order valence-corrected chi connectivity index (χ0v) is 9.78. The molecular formula is C10H15N3O2S. The van der Waals surface area contributed by atoms with E-state index in [0.29, 0.717) is 18.0 Å². The minimum atomic E-state index is -2.86. The molecule has 2 fully saturated rings. The van der Waals surface area contributed by atoms with Crippen LogP contribution in [0.2, 0.25) is 0 Å². The Morgan fingerprint density at radius 3 is 2.69 bits per heavy atom. The molecule has 5 nitrogen and oxygen atoms in total. The highest BCUT2D eigenvalue weighted by molar-refractivity contribution is 7.91. The molecule has 1 aliphatic heterocycles. The van der Waals surface area contributed by atoms with Crippen molar-refractivity contribution in [3.8, 4) is 0 Å². The molecule has 1 aliphatic carbocycles. The monoisotopic (exact) mass is 241 g/mol. The van der Waals surface area contributed by atoms with Gasteiger partial charge in [0.2, 0.25) is 0 Å². The van der Waals surface area contributed by atoms with Crippen molar-refractivity contribution in [2.45, 2.75) is 31.2 Å². The first-order valence-electron chi connectivity index (χ1n) is 5.60. The summed E-state index contributed by atoms with van der Waals surface area (Å²) in [6.45, 7) is 0. The van der Waals surface area contributed by atoms with Crippen LogP contribution in [0.5, 0.6) is 0 Å². The van der Waals surface area contributed by atoms with Crippen LogP contribution >= 0.6 is 0 Å². The molecule has 1 unspecified atom stereocenters. The maximum Gasteiger partial charge on any atom is 0.152 e. The lowest BCUT2D eigenvalue weighted by Crippen LogP contribution is -2.15. The Kier molecular flexibility index (Phi) is 2.04. The summed E-state index contributed by atoms with van der Waals surface area (Å²) in [4.78, 5) is 0. The lowest BCUT2D eigenvalue weighted by molar-refractivity contribution is 0.481. The van der Waals surface area contributed by atoms with Crippen molar-refractivity contribution in [2.24, 2.45) is 0 Å². The highest BCUT2D eigenvalue weighted by atomic mass is 32.2. The predicted octanol–water partition coefficient (Wildman–Crippen LogP) is 0.702. The van der Waals surface area contributed by atoms with Gasteiger partial charge < -0.3 is 5.73 Å². The number of sulfone groups is 1. The molecule has 1 atom stereocenters. The molecule has 2 heterocycles. The SMILES string of the molecule is Nc1cnn(C2CCS(=O)(=O)C2)c1C1CC1. The first kappa shape index (κ1) is 10.1. The van der Waals surface area contributed by atoms with Gasteiger partial charge in [-0.05, 0) is 19.3 Å². The maximum absolute atomic E-state index is 11.4. The van der Waals surface area contributed by atoms with Gasteiger partial charge in [-0.1, -0.05) is 0 Å². The van der Waals surface area contributed by atoms with Gasteiger partial charge in [0.25, 0.3) is 0 Å². The third-order valence-electron chi connectivity index (χ3n) is 3.38. The van der Waals surface area contributed by atoms with Crippen LogP contribution in [-0.4, -0.2) is 29.7 Å². The third kappa shape index (κ3) is 1.61. The quantitative estimate of drug-likeness (QED) is 0.826. The van der Waals surface area contributed by atoms with E-state index in [4.69, 9.17) is 5.73 Å². The summed E-state index contributed by atoms with van der Waals surface area (Å²) in [5.41, 5.74) is 7.66. The van der Waals surface area contributed by atoms with Gasteiger partial charge in [0.15, 0.2) is 9.84 Å². The van der Waals surface area contributed by atoms with Gasteiger partial charge in [-0.2, -0.15) is 5.10 Å². The summed E-state index contributed by atoms with van der Waals surface area (Å²) in [6, 6.07) is -0.00194. The summed E-state index contributed by atoms with van der Waals surface area (Å²) in [5.74, 6) is 1.00. The van der Waals surface area contributed by atoms with Gasteiger partial charge >= 0.3 is 0 Å². The Balaban J connectivity index is 1.95. The van der Waals surface area contributed by atoms with Crippen LogP contribution in [0, 0.1) is 0 Å². The molecule has 2 aliphatic rings. The Morgan fingerprint density at radius 2 is 2.12 bits per heavy atom. The van der Waals surface area contributed by atoms with Crippen molar-refractivity contribution < 1.29 is 8.42 Å². The Bertz CT molecular complexity index is 516. The fraction of sp³-hybridized carbons (Fsp3) is 0.700. The minimum Gasteiger partial charge on any atom is -0.396 e. The van der Waals surface area contributed by atoms with Crippen molar-refractivity contribution in [3.63, 3.8) is 0 Å². The molecule has 0 spiro atoms. The van der Waals surface area contributed by atoms with Gasteiger partial charge in [-0.25, -0.2) is 8.42 Å². The Morgan fingerprint density at radius 1 is 1.38 bits per heavy atom. The zero-order chi connectivity index (χ0) is 11.3. The van der Waals surface area contributed by atoms with E-state index in [2.05, 4.69) is 5.10 Å². The number of hydrogen-bond acceptors (Lipinski definition) is 4. The molecule has 6 heteroatoms. The highest BCUT2D eigenvalue weighted by Crippen LogP contribution is 2.44. The van der Waals surface area contributed by atoms with Crippen molar-refractivity contribution >= 4 is 15.5 Å². The number of nitrogens with zero attached hydrogens (tertiary/aromatic N) is 2. The second-order valence-corrected chi connectivity index (χ2v) is 6.99. The van der Waals surface area contributed by atoms with Gasteiger partial charge in [0, 0.05) is 5.92 Å². The molecule has 1 aromatic heterocycles. The van der Waals surface area contributed by atoms with Crippen molar-refractivity contribution in [1.29, 1.82) is 0 Å². The fourth-order valence-electron chi connectivity index (χ4n) is 2.42. The summed E-state index contributed by atoms with van der Waals surface area (Å²) in [7, 11) is -2.86. The first-order valence-corrected chi connectivity index (χ1v) is 7.42. The Labute approximate surface area is 94.5 Å². The fourth-order valence-corrected chi connectivity index (χ4v) is 4.12. The largest absolute Gasteiger partial charge is 0.396 e. The molecule has 88 valence electrons. The molecule has 2 N–H and O–H groups in total. The van der Waals surface area contributed by atoms with Gasteiger partial charge in [0.05, 0.1) is 35.1 Å². The molecular weight excluding hydrogens is 226 g/mol. The predicted molar refractivity (Wildman–Crippen MR) is 60.9 cm³/mol. The summed E-state index contributed by atoms with van der Waals surface area (Å²) in [6.07, 6.45) is 4.62. The summed E-state index contributed by atoms with van der Waals surface area (Å²) >= 11 is 0. The number of aromatic nitrogens is 2. The topological polar surface area (TPSA) is 78.0 Å². The van der Waals surface area contributed by atoms with E-state index in [9.17, 15) is 8.42 Å². The normalized spacial score (nSPS) is 28.4. The molecule has 0 aromatic carbocycles. The van der Waals surface area contributed by atoms with Crippen molar-refractivity contribution in [3.05, 3.63) is 11.9 Å². The van der Waals surface area contributed by atoms with Crippen molar-refractivity contribution in [1.82, 2.24) is 9.78 Å². The van der Waals surface area contributed by atoms with Gasteiger partial charge in [-0.15, -0.1) is 0 Å². The Hall–Kier alpha value is -1.04. The van der Waals surface area contributed by atoms with E-state index in [-0.39, 0.29) is 17.5 Å². The molecule has 3 rings (SSSR count). The van der Waals surface area contributed by atoms with E-state index < -0.39 is 9.84 Å². The average Bonchev–Trinajstić information content (AvgIpc) is 2.88. The summed E-state index contributed by atoms with van der Waals surface area (Å²) < 4.78 is 24.7. The van der Waals surface area contributed by atoms with E-state index in [1.54, 1.807) is 6.20 Å². The van der Waals surface area contributed by atoms with Crippen LogP contribution in [0.15, 0.2) is 6.20 Å². The van der Waals surface area contributed by atoms with Crippen LogP contribution in [0.1, 0.15) is 36.9 Å². The second-order valence-electron chi connectivity index (χ2n) is 4.76. The first-order chi connectivity index (χ1) is 7.57. The van der Waals surface area contributed by atoms with Crippen LogP contribution in [0.4, 0.5) is 5.69 Å². The second kappa shape index (κ2) is 3.23. The molecule has 1 saturated carbocycles. The van der Waals surface area contributed by atoms with Gasteiger partial charge in [-0.3, -0.25) is 4.68 Å². The minimum absolute atomic E-state index is 0.00194. The zero-order valence-electron chi connectivity index (χ0n) is 8.96. The molecule has 1 saturated heterocycles. The molecule has 0 radical (unpaired) electrons. The molecule has 1 aromatic rings. The smallest absolute Gasteiger partial charge is 0.152 e. The number of rotatable bonds is 2. The maximum atomic E-state index is 11.4. The van der Waals surface area contributed by atoms with Crippen LogP contribution in [0.25, 0.3) is 0 Å². The lowest BCUT2D eigenvalue weighted by Gasteiger charge is -2.13. The number of nitrogen functional groups attached to an aromatic ring is 1. The third-order valence-corrected chi connectivity index (χ3v) is 5.13. The van der Waals surface area contributed by atoms with Crippen LogP contribution in [0.3, 0.4) is 0 Å². The average molecular weight is 241 g/mol. The highest BCUT2D eigenvalue weighted by Gasteiger charge is 2.35. The van der Waals surface area contributed by atoms with Crippen LogP contribution in [-0.2, 0) is 9.84 Å². The summed E-state index contributed by atoms with van der Waals surface area (Å²) in [5, 5.41) is 4.25. The number of anilines is 1. The van der Waals surface area contributed by atoms with E-state index in [0.717, 1.165) is 18.5 Å². The van der Waals surface area contributed by atoms with E-state index >= 15 is 0 Å². The van der Waals surface area contributed by atoms with Gasteiger partial charge in [0.1, 0.15) is 0 Å². The number of nitrogens with two attached hydrogens (primary N) is 1. The molecule has 16 heavy (non-hydrogen) atoms. The van der Waals surface area contributed by atoms with E-state index in [1.165, 1.54) is 0 Å². The standard InChI is InChI=1S/C10H15N3O2S/c11-9-5-12-13(10(9)7-1-2-7)8-3-4-16(14,15)6-8/h5,7-8H,1-4,6,11H2.